The number of alkyl halides is 3. The van der Waals surface area contributed by atoms with Crippen molar-refractivity contribution in [2.45, 2.75) is 17.2 Å². The van der Waals surface area contributed by atoms with Crippen LogP contribution in [0.25, 0.3) is 0 Å². The van der Waals surface area contributed by atoms with E-state index in [0.717, 1.165) is 23.6 Å². The molecule has 0 unspecified atom stereocenters. The van der Waals surface area contributed by atoms with E-state index < -0.39 is 39.9 Å². The molecule has 7 nitrogen and oxygen atoms in total. The summed E-state index contributed by atoms with van der Waals surface area (Å²) in [7, 11) is -4.47. The van der Waals surface area contributed by atoms with E-state index in [1.54, 1.807) is 42.1 Å². The van der Waals surface area contributed by atoms with Gasteiger partial charge in [-0.2, -0.15) is 30.0 Å². The molecule has 0 aliphatic carbocycles. The summed E-state index contributed by atoms with van der Waals surface area (Å²) in [6, 6.07) is 16.3. The Morgan fingerprint density at radius 2 is 1.84 bits per heavy atom. The molecule has 1 aliphatic rings. The summed E-state index contributed by atoms with van der Waals surface area (Å²) >= 11 is 7.90. The van der Waals surface area contributed by atoms with E-state index in [1.807, 2.05) is 0 Å². The zero-order chi connectivity index (χ0) is 27.3. The average Bonchev–Trinajstić information content (AvgIpc) is 2.85. The van der Waals surface area contributed by atoms with Gasteiger partial charge in [0.05, 0.1) is 27.4 Å². The van der Waals surface area contributed by atoms with Crippen molar-refractivity contribution in [3.63, 3.8) is 0 Å². The van der Waals surface area contributed by atoms with Crippen molar-refractivity contribution >= 4 is 51.2 Å². The summed E-state index contributed by atoms with van der Waals surface area (Å²) in [4.78, 5) is 12.5. The molecule has 1 saturated heterocycles. The van der Waals surface area contributed by atoms with E-state index in [4.69, 9.17) is 16.3 Å². The molecule has 200 valence electrons. The number of sulfonamides is 1. The molecule has 1 aliphatic heterocycles. The minimum Gasteiger partial charge on any atom is -0.489 e. The Labute approximate surface area is 226 Å². The van der Waals surface area contributed by atoms with E-state index in [0.29, 0.717) is 21.7 Å². The number of rotatable bonds is 9. The highest BCUT2D eigenvalue weighted by Crippen LogP contribution is 2.37. The fourth-order valence-electron chi connectivity index (χ4n) is 3.39. The molecule has 0 bridgehead atoms. The third kappa shape index (κ3) is 6.80. The van der Waals surface area contributed by atoms with Crippen LogP contribution in [0.4, 0.5) is 18.9 Å². The number of benzene rings is 3. The van der Waals surface area contributed by atoms with Crippen molar-refractivity contribution < 1.29 is 31.1 Å². The summed E-state index contributed by atoms with van der Waals surface area (Å²) < 4.78 is 73.2. The van der Waals surface area contributed by atoms with Crippen molar-refractivity contribution in [3.05, 3.63) is 88.9 Å². The molecule has 1 N–H and O–H groups in total. The maximum atomic E-state index is 13.4. The van der Waals surface area contributed by atoms with Gasteiger partial charge in [0.25, 0.3) is 15.9 Å². The Kier molecular flexibility index (Phi) is 8.54. The van der Waals surface area contributed by atoms with E-state index in [2.05, 4.69) is 10.5 Å². The molecule has 0 saturated carbocycles. The van der Waals surface area contributed by atoms with Gasteiger partial charge in [0.15, 0.2) is 0 Å². The Hall–Kier alpha value is -3.22. The van der Waals surface area contributed by atoms with Gasteiger partial charge in [-0.25, -0.2) is 13.8 Å². The normalized spacial score (nSPS) is 14.2. The highest BCUT2D eigenvalue weighted by molar-refractivity contribution is 8.00. The SMILES string of the molecule is O=C(CN(c1cc(C(F)(F)F)ccc1Cl)S(=O)(=O)c1ccccc1)N/N=C\c1cccc(OC2CSC2)c1. The van der Waals surface area contributed by atoms with Crippen LogP contribution in [0.5, 0.6) is 5.75 Å². The topological polar surface area (TPSA) is 88.1 Å². The predicted octanol–water partition coefficient (Wildman–Crippen LogP) is 5.20. The second-order valence-corrected chi connectivity index (χ2v) is 11.5. The molecule has 0 atom stereocenters. The summed E-state index contributed by atoms with van der Waals surface area (Å²) in [5.74, 6) is 1.57. The van der Waals surface area contributed by atoms with Crippen molar-refractivity contribution in [3.8, 4) is 5.75 Å². The second-order valence-electron chi connectivity index (χ2n) is 8.13. The fourth-order valence-corrected chi connectivity index (χ4v) is 5.67. The fraction of sp³-hybridized carbons (Fsp3) is 0.200. The number of carbonyl (C=O) groups is 1. The first kappa shape index (κ1) is 27.8. The first-order chi connectivity index (χ1) is 18.0. The summed E-state index contributed by atoms with van der Waals surface area (Å²) in [5.41, 5.74) is 1.22. The van der Waals surface area contributed by atoms with E-state index in [9.17, 15) is 26.4 Å². The zero-order valence-corrected chi connectivity index (χ0v) is 21.9. The molecule has 1 heterocycles. The van der Waals surface area contributed by atoms with Gasteiger partial charge in [-0.3, -0.25) is 9.10 Å². The molecular weight excluding hydrogens is 563 g/mol. The molecule has 3 aromatic carbocycles. The Morgan fingerprint density at radius 3 is 2.50 bits per heavy atom. The number of halogens is 4. The molecule has 3 aromatic rings. The van der Waals surface area contributed by atoms with Gasteiger partial charge >= 0.3 is 6.18 Å². The smallest absolute Gasteiger partial charge is 0.416 e. The monoisotopic (exact) mass is 583 g/mol. The molecular formula is C25H21ClF3N3O4S2. The number of nitrogens with zero attached hydrogens (tertiary/aromatic N) is 2. The van der Waals surface area contributed by atoms with Crippen molar-refractivity contribution in [2.75, 3.05) is 22.4 Å². The van der Waals surface area contributed by atoms with Crippen LogP contribution in [0, 0.1) is 0 Å². The van der Waals surface area contributed by atoms with Gasteiger partial charge in [0, 0.05) is 11.5 Å². The van der Waals surface area contributed by atoms with Crippen LogP contribution < -0.4 is 14.5 Å². The number of thioether (sulfide) groups is 1. The average molecular weight is 584 g/mol. The first-order valence-electron chi connectivity index (χ1n) is 11.1. The molecule has 4 rings (SSSR count). The van der Waals surface area contributed by atoms with Crippen LogP contribution in [0.15, 0.2) is 82.8 Å². The van der Waals surface area contributed by atoms with E-state index in [-0.39, 0.29) is 16.0 Å². The summed E-state index contributed by atoms with van der Waals surface area (Å²) in [6.07, 6.45) is -3.27. The van der Waals surface area contributed by atoms with Crippen LogP contribution in [-0.4, -0.2) is 44.7 Å². The minimum atomic E-state index is -4.76. The minimum absolute atomic E-state index is 0.145. The summed E-state index contributed by atoms with van der Waals surface area (Å²) in [6.45, 7) is -0.877. The van der Waals surface area contributed by atoms with Crippen molar-refractivity contribution in [1.82, 2.24) is 5.43 Å². The lowest BCUT2D eigenvalue weighted by Gasteiger charge is -2.25. The van der Waals surface area contributed by atoms with Crippen LogP contribution in [-0.2, 0) is 21.0 Å². The molecule has 13 heteroatoms. The Bertz CT molecular complexity index is 1430. The van der Waals surface area contributed by atoms with Gasteiger partial charge in [-0.1, -0.05) is 41.9 Å². The number of ether oxygens (including phenoxy) is 1. The number of hydrazone groups is 1. The molecule has 0 radical (unpaired) electrons. The third-order valence-corrected chi connectivity index (χ3v) is 8.64. The number of hydrogen-bond acceptors (Lipinski definition) is 6. The number of nitrogens with one attached hydrogen (secondary N) is 1. The Balaban J connectivity index is 1.56. The molecule has 0 spiro atoms. The van der Waals surface area contributed by atoms with Crippen molar-refractivity contribution in [2.24, 2.45) is 5.10 Å². The Morgan fingerprint density at radius 1 is 1.11 bits per heavy atom. The highest BCUT2D eigenvalue weighted by atomic mass is 35.5. The van der Waals surface area contributed by atoms with Gasteiger partial charge in [-0.15, -0.1) is 0 Å². The lowest BCUT2D eigenvalue weighted by atomic mass is 10.2. The highest BCUT2D eigenvalue weighted by Gasteiger charge is 2.34. The maximum absolute atomic E-state index is 13.4. The largest absolute Gasteiger partial charge is 0.489 e. The number of hydrogen-bond donors (Lipinski definition) is 1. The molecule has 1 fully saturated rings. The quantitative estimate of drug-likeness (QED) is 0.276. The third-order valence-electron chi connectivity index (χ3n) is 5.33. The predicted molar refractivity (Wildman–Crippen MR) is 141 cm³/mol. The van der Waals surface area contributed by atoms with Crippen molar-refractivity contribution in [1.29, 1.82) is 0 Å². The lowest BCUT2D eigenvalue weighted by molar-refractivity contribution is -0.137. The van der Waals surface area contributed by atoms with E-state index in [1.165, 1.54) is 30.5 Å². The summed E-state index contributed by atoms with van der Waals surface area (Å²) in [5, 5.41) is 3.58. The molecule has 38 heavy (non-hydrogen) atoms. The van der Waals surface area contributed by atoms with Gasteiger partial charge < -0.3 is 4.74 Å². The standard InChI is InChI=1S/C25H21ClF3N3O4S2/c26-22-10-9-18(25(27,28)29)12-23(22)32(38(34,35)21-7-2-1-3-8-21)14-24(33)31-30-13-17-5-4-6-19(11-17)36-20-15-37-16-20/h1-13,20H,14-16H2,(H,31,33)/b30-13-. The zero-order valence-electron chi connectivity index (χ0n) is 19.6. The number of anilines is 1. The number of amides is 1. The van der Waals surface area contributed by atoms with Gasteiger partial charge in [0.1, 0.15) is 18.4 Å². The first-order valence-corrected chi connectivity index (χ1v) is 14.1. The maximum Gasteiger partial charge on any atom is 0.416 e. The van der Waals surface area contributed by atoms with E-state index >= 15 is 0 Å². The lowest BCUT2D eigenvalue weighted by Crippen LogP contribution is -2.40. The van der Waals surface area contributed by atoms with Gasteiger partial charge in [-0.05, 0) is 48.0 Å². The second kappa shape index (κ2) is 11.7. The van der Waals surface area contributed by atoms with Crippen LogP contribution >= 0.6 is 23.4 Å². The molecule has 1 amide bonds. The van der Waals surface area contributed by atoms with Gasteiger partial charge in [0.2, 0.25) is 0 Å². The van der Waals surface area contributed by atoms with Crippen LogP contribution in [0.3, 0.4) is 0 Å². The number of carbonyl (C=O) groups excluding carboxylic acids is 1. The molecule has 0 aromatic heterocycles. The van der Waals surface area contributed by atoms with Crippen LogP contribution in [0.1, 0.15) is 11.1 Å². The van der Waals surface area contributed by atoms with Crippen LogP contribution in [0.2, 0.25) is 5.02 Å².